The molecule has 1 amide bonds. The Morgan fingerprint density at radius 1 is 1.10 bits per heavy atom. The molecule has 0 N–H and O–H groups in total. The summed E-state index contributed by atoms with van der Waals surface area (Å²) in [5.74, 6) is 0. The van der Waals surface area contributed by atoms with E-state index < -0.39 is 0 Å². The van der Waals surface area contributed by atoms with Gasteiger partial charge in [-0.2, -0.15) is 0 Å². The molecule has 1 saturated heterocycles. The fourth-order valence-corrected chi connectivity index (χ4v) is 2.29. The van der Waals surface area contributed by atoms with Gasteiger partial charge in [-0.15, -0.1) is 0 Å². The Balaban J connectivity index is 1.53. The predicted molar refractivity (Wildman–Crippen MR) is 78.5 cm³/mol. The van der Waals surface area contributed by atoms with E-state index in [1.54, 1.807) is 4.90 Å². The molecule has 3 rings (SSSR count). The summed E-state index contributed by atoms with van der Waals surface area (Å²) in [6.07, 6.45) is -0.409. The van der Waals surface area contributed by atoms with E-state index >= 15 is 0 Å². The lowest BCUT2D eigenvalue weighted by atomic mass is 10.1. The number of hydrogen-bond donors (Lipinski definition) is 0. The van der Waals surface area contributed by atoms with Gasteiger partial charge in [0, 0.05) is 0 Å². The normalized spacial score (nSPS) is 17.7. The van der Waals surface area contributed by atoms with Crippen LogP contribution in [0.15, 0.2) is 60.7 Å². The number of carbonyl (C=O) groups excluding carboxylic acids is 1. The molecule has 4 nitrogen and oxygen atoms in total. The van der Waals surface area contributed by atoms with Crippen LogP contribution in [0.4, 0.5) is 4.79 Å². The fraction of sp³-hybridized carbons (Fsp3) is 0.235. The number of rotatable bonds is 3. The average Bonchev–Trinajstić information content (AvgIpc) is 3.04. The van der Waals surface area contributed by atoms with E-state index in [1.165, 1.54) is 0 Å². The lowest BCUT2D eigenvalue weighted by Gasteiger charge is -2.14. The van der Waals surface area contributed by atoms with Crippen molar-refractivity contribution in [3.8, 4) is 0 Å². The van der Waals surface area contributed by atoms with Crippen LogP contribution in [0, 0.1) is 0 Å². The molecular formula is C17H17NO3. The van der Waals surface area contributed by atoms with Gasteiger partial charge in [-0.1, -0.05) is 60.7 Å². The van der Waals surface area contributed by atoms with Gasteiger partial charge < -0.3 is 9.47 Å². The molecule has 0 aliphatic carbocycles. The highest BCUT2D eigenvalue weighted by molar-refractivity contribution is 5.67. The number of carbonyl (C=O) groups is 1. The van der Waals surface area contributed by atoms with Crippen LogP contribution in [0.25, 0.3) is 0 Å². The summed E-state index contributed by atoms with van der Waals surface area (Å²) < 4.78 is 11.0. The number of amides is 1. The molecule has 1 heterocycles. The van der Waals surface area contributed by atoms with E-state index in [0.717, 1.165) is 11.1 Å². The highest BCUT2D eigenvalue weighted by Gasteiger charge is 2.28. The zero-order chi connectivity index (χ0) is 14.5. The van der Waals surface area contributed by atoms with Crippen molar-refractivity contribution in [1.29, 1.82) is 0 Å². The first-order valence-electron chi connectivity index (χ1n) is 6.95. The number of ether oxygens (including phenoxy) is 2. The van der Waals surface area contributed by atoms with Gasteiger partial charge in [0.15, 0.2) is 0 Å². The van der Waals surface area contributed by atoms with E-state index in [0.29, 0.717) is 6.54 Å². The number of benzene rings is 2. The summed E-state index contributed by atoms with van der Waals surface area (Å²) in [6, 6.07) is 19.5. The second-order valence-electron chi connectivity index (χ2n) is 4.96. The highest BCUT2D eigenvalue weighted by Crippen LogP contribution is 2.24. The van der Waals surface area contributed by atoms with E-state index in [1.807, 2.05) is 60.7 Å². The van der Waals surface area contributed by atoms with E-state index in [-0.39, 0.29) is 25.5 Å². The van der Waals surface area contributed by atoms with Crippen LogP contribution in [-0.2, 0) is 16.1 Å². The van der Waals surface area contributed by atoms with Crippen LogP contribution < -0.4 is 0 Å². The largest absolute Gasteiger partial charge is 0.444 e. The number of nitrogens with zero attached hydrogens (tertiary/aromatic N) is 1. The monoisotopic (exact) mass is 283 g/mol. The molecule has 0 saturated carbocycles. The van der Waals surface area contributed by atoms with Crippen LogP contribution in [-0.4, -0.2) is 24.3 Å². The van der Waals surface area contributed by atoms with Gasteiger partial charge in [0.05, 0.1) is 6.54 Å². The molecular weight excluding hydrogens is 266 g/mol. The SMILES string of the molecule is O=C(OCc1ccccc1)N1COC(c2ccccc2)C1. The Kier molecular flexibility index (Phi) is 4.17. The summed E-state index contributed by atoms with van der Waals surface area (Å²) in [7, 11) is 0. The minimum absolute atomic E-state index is 0.0736. The maximum absolute atomic E-state index is 12.0. The summed E-state index contributed by atoms with van der Waals surface area (Å²) in [6.45, 7) is 1.08. The molecule has 1 aliphatic rings. The minimum atomic E-state index is -0.336. The molecule has 0 spiro atoms. The van der Waals surface area contributed by atoms with Crippen molar-refractivity contribution < 1.29 is 14.3 Å². The summed E-state index contributed by atoms with van der Waals surface area (Å²) in [4.78, 5) is 13.6. The third-order valence-corrected chi connectivity index (χ3v) is 3.45. The van der Waals surface area contributed by atoms with Crippen LogP contribution in [0.3, 0.4) is 0 Å². The maximum atomic E-state index is 12.0. The fourth-order valence-electron chi connectivity index (χ4n) is 2.29. The van der Waals surface area contributed by atoms with E-state index in [2.05, 4.69) is 0 Å². The lowest BCUT2D eigenvalue weighted by Crippen LogP contribution is -2.29. The topological polar surface area (TPSA) is 38.8 Å². The second-order valence-corrected chi connectivity index (χ2v) is 4.96. The van der Waals surface area contributed by atoms with E-state index in [4.69, 9.17) is 9.47 Å². The Bertz CT molecular complexity index is 585. The molecule has 1 fully saturated rings. The Morgan fingerprint density at radius 3 is 2.48 bits per heavy atom. The van der Waals surface area contributed by atoms with Gasteiger partial charge in [0.25, 0.3) is 0 Å². The lowest BCUT2D eigenvalue weighted by molar-refractivity contribution is 0.0682. The smallest absolute Gasteiger partial charge is 0.412 e. The van der Waals surface area contributed by atoms with Crippen LogP contribution in [0.1, 0.15) is 17.2 Å². The molecule has 1 atom stereocenters. The minimum Gasteiger partial charge on any atom is -0.444 e. The number of hydrogen-bond acceptors (Lipinski definition) is 3. The van der Waals surface area contributed by atoms with Crippen molar-refractivity contribution >= 4 is 6.09 Å². The second kappa shape index (κ2) is 6.41. The van der Waals surface area contributed by atoms with Crippen LogP contribution in [0.2, 0.25) is 0 Å². The zero-order valence-corrected chi connectivity index (χ0v) is 11.6. The first-order valence-corrected chi connectivity index (χ1v) is 6.95. The van der Waals surface area contributed by atoms with Crippen molar-refractivity contribution in [2.75, 3.05) is 13.3 Å². The third-order valence-electron chi connectivity index (χ3n) is 3.45. The van der Waals surface area contributed by atoms with Gasteiger partial charge in [-0.3, -0.25) is 4.90 Å². The summed E-state index contributed by atoms with van der Waals surface area (Å²) in [5, 5.41) is 0. The molecule has 0 aromatic heterocycles. The molecule has 1 aliphatic heterocycles. The first kappa shape index (κ1) is 13.6. The van der Waals surface area contributed by atoms with Gasteiger partial charge in [-0.25, -0.2) is 4.79 Å². The third kappa shape index (κ3) is 3.41. The predicted octanol–water partition coefficient (Wildman–Crippen LogP) is 3.35. The molecule has 1 unspecified atom stereocenters. The standard InChI is InChI=1S/C17H17NO3/c19-17(20-12-14-7-3-1-4-8-14)18-11-16(21-13-18)15-9-5-2-6-10-15/h1-10,16H,11-13H2. The molecule has 2 aromatic carbocycles. The highest BCUT2D eigenvalue weighted by atomic mass is 16.6. The molecule has 4 heteroatoms. The Morgan fingerprint density at radius 2 is 1.76 bits per heavy atom. The first-order chi connectivity index (χ1) is 10.3. The van der Waals surface area contributed by atoms with Gasteiger partial charge >= 0.3 is 6.09 Å². The molecule has 108 valence electrons. The summed E-state index contributed by atoms with van der Waals surface area (Å²) in [5.41, 5.74) is 2.06. The molecule has 0 radical (unpaired) electrons. The molecule has 0 bridgehead atoms. The van der Waals surface area contributed by atoms with Gasteiger partial charge in [0.2, 0.25) is 0 Å². The molecule has 21 heavy (non-hydrogen) atoms. The van der Waals surface area contributed by atoms with Crippen molar-refractivity contribution in [2.24, 2.45) is 0 Å². The van der Waals surface area contributed by atoms with Crippen molar-refractivity contribution in [3.63, 3.8) is 0 Å². The van der Waals surface area contributed by atoms with Crippen LogP contribution in [0.5, 0.6) is 0 Å². The van der Waals surface area contributed by atoms with Crippen LogP contribution >= 0.6 is 0 Å². The average molecular weight is 283 g/mol. The maximum Gasteiger partial charge on any atom is 0.412 e. The zero-order valence-electron chi connectivity index (χ0n) is 11.6. The quantitative estimate of drug-likeness (QED) is 0.867. The summed E-state index contributed by atoms with van der Waals surface area (Å²) >= 11 is 0. The van der Waals surface area contributed by atoms with Crippen molar-refractivity contribution in [3.05, 3.63) is 71.8 Å². The molecule has 2 aromatic rings. The van der Waals surface area contributed by atoms with Gasteiger partial charge in [0.1, 0.15) is 19.4 Å². The van der Waals surface area contributed by atoms with Crippen molar-refractivity contribution in [1.82, 2.24) is 4.90 Å². The van der Waals surface area contributed by atoms with Crippen molar-refractivity contribution in [2.45, 2.75) is 12.7 Å². The Labute approximate surface area is 123 Å². The van der Waals surface area contributed by atoms with E-state index in [9.17, 15) is 4.79 Å². The Hall–Kier alpha value is -2.33. The van der Waals surface area contributed by atoms with Gasteiger partial charge in [-0.05, 0) is 11.1 Å².